The van der Waals surface area contributed by atoms with Crippen LogP contribution in [-0.2, 0) is 6.42 Å². The first-order valence-corrected chi connectivity index (χ1v) is 7.98. The summed E-state index contributed by atoms with van der Waals surface area (Å²) in [7, 11) is 0. The third-order valence-corrected chi connectivity index (χ3v) is 3.70. The molecule has 1 heterocycles. The lowest BCUT2D eigenvalue weighted by atomic mass is 10.1. The Balaban J connectivity index is 1.95. The molecule has 0 saturated heterocycles. The summed E-state index contributed by atoms with van der Waals surface area (Å²) in [6.07, 6.45) is 1.77. The van der Waals surface area contributed by atoms with Gasteiger partial charge in [-0.2, -0.15) is 0 Å². The van der Waals surface area contributed by atoms with Crippen molar-refractivity contribution in [3.05, 3.63) is 34.1 Å². The van der Waals surface area contributed by atoms with E-state index in [1.165, 1.54) is 5.56 Å². The number of rotatable bonds is 5. The molecule has 1 N–H and O–H groups in total. The van der Waals surface area contributed by atoms with Gasteiger partial charge >= 0.3 is 0 Å². The number of aromatic nitrogens is 2. The smallest absolute Gasteiger partial charge is 0.248 e. The fourth-order valence-corrected chi connectivity index (χ4v) is 2.62. The summed E-state index contributed by atoms with van der Waals surface area (Å²) in [6, 6.07) is 6.08. The van der Waals surface area contributed by atoms with Gasteiger partial charge in [0.15, 0.2) is 0 Å². The predicted molar refractivity (Wildman–Crippen MR) is 88.2 cm³/mol. The molecule has 0 fully saturated rings. The van der Waals surface area contributed by atoms with Crippen molar-refractivity contribution < 1.29 is 4.42 Å². The number of nitrogens with one attached hydrogen (secondary N) is 1. The van der Waals surface area contributed by atoms with Crippen LogP contribution in [0.5, 0.6) is 0 Å². The van der Waals surface area contributed by atoms with E-state index in [0.29, 0.717) is 11.8 Å². The molecule has 0 aliphatic heterocycles. The second-order valence-electron chi connectivity index (χ2n) is 6.26. The topological polar surface area (TPSA) is 51.0 Å². The van der Waals surface area contributed by atoms with E-state index in [1.54, 1.807) is 0 Å². The maximum Gasteiger partial charge on any atom is 0.248 e. The zero-order valence-electron chi connectivity index (χ0n) is 13.0. The van der Waals surface area contributed by atoms with Gasteiger partial charge in [0.05, 0.1) is 5.56 Å². The van der Waals surface area contributed by atoms with Gasteiger partial charge in [-0.1, -0.05) is 6.07 Å². The van der Waals surface area contributed by atoms with Crippen molar-refractivity contribution in [1.82, 2.24) is 15.5 Å². The molecule has 2 aromatic rings. The summed E-state index contributed by atoms with van der Waals surface area (Å²) in [5.41, 5.74) is 2.28. The van der Waals surface area contributed by atoms with Crippen molar-refractivity contribution in [1.29, 1.82) is 0 Å². The third-order valence-electron chi connectivity index (χ3n) is 3.04. The van der Waals surface area contributed by atoms with E-state index in [0.717, 1.165) is 29.4 Å². The van der Waals surface area contributed by atoms with E-state index < -0.39 is 0 Å². The zero-order valence-corrected chi connectivity index (χ0v) is 14.6. The second kappa shape index (κ2) is 6.71. The Bertz CT molecular complexity index is 602. The van der Waals surface area contributed by atoms with Gasteiger partial charge in [-0.25, -0.2) is 0 Å². The van der Waals surface area contributed by atoms with Gasteiger partial charge < -0.3 is 9.73 Å². The minimum atomic E-state index is 0.146. The molecule has 0 aliphatic rings. The first kappa shape index (κ1) is 16.2. The van der Waals surface area contributed by atoms with Gasteiger partial charge in [0.1, 0.15) is 0 Å². The van der Waals surface area contributed by atoms with Gasteiger partial charge in [-0.15, -0.1) is 10.2 Å². The maximum atomic E-state index is 5.74. The molecule has 0 bridgehead atoms. The van der Waals surface area contributed by atoms with Crippen LogP contribution in [0.15, 0.2) is 27.1 Å². The molecule has 0 atom stereocenters. The Morgan fingerprint density at radius 2 is 2.00 bits per heavy atom. The highest BCUT2D eigenvalue weighted by atomic mass is 79.9. The van der Waals surface area contributed by atoms with Crippen LogP contribution in [0.2, 0.25) is 0 Å². The third kappa shape index (κ3) is 4.93. The SMILES string of the molecule is Cc1ccc(-c2nnc(CCCNC(C)(C)C)o2)c(Br)c1. The second-order valence-corrected chi connectivity index (χ2v) is 7.12. The van der Waals surface area contributed by atoms with Crippen molar-refractivity contribution in [2.75, 3.05) is 6.54 Å². The van der Waals surface area contributed by atoms with Gasteiger partial charge in [0.2, 0.25) is 11.8 Å². The largest absolute Gasteiger partial charge is 0.421 e. The van der Waals surface area contributed by atoms with E-state index in [9.17, 15) is 0 Å². The normalized spacial score (nSPS) is 11.9. The number of halogens is 1. The average Bonchev–Trinajstić information content (AvgIpc) is 2.82. The summed E-state index contributed by atoms with van der Waals surface area (Å²) >= 11 is 3.54. The molecular formula is C16H22BrN3O. The van der Waals surface area contributed by atoms with Crippen LogP contribution in [0.25, 0.3) is 11.5 Å². The van der Waals surface area contributed by atoms with Crippen LogP contribution >= 0.6 is 15.9 Å². The van der Waals surface area contributed by atoms with Gasteiger partial charge in [-0.05, 0) is 74.3 Å². The Morgan fingerprint density at radius 1 is 1.24 bits per heavy atom. The Labute approximate surface area is 134 Å². The Hall–Kier alpha value is -1.20. The molecule has 1 aromatic heterocycles. The summed E-state index contributed by atoms with van der Waals surface area (Å²) < 4.78 is 6.72. The highest BCUT2D eigenvalue weighted by Crippen LogP contribution is 2.28. The van der Waals surface area contributed by atoms with E-state index in [1.807, 2.05) is 18.2 Å². The summed E-state index contributed by atoms with van der Waals surface area (Å²) in [4.78, 5) is 0. The van der Waals surface area contributed by atoms with E-state index in [4.69, 9.17) is 4.42 Å². The van der Waals surface area contributed by atoms with Gasteiger partial charge in [-0.3, -0.25) is 0 Å². The van der Waals surface area contributed by atoms with Crippen molar-refractivity contribution in [2.45, 2.75) is 46.1 Å². The van der Waals surface area contributed by atoms with Crippen LogP contribution in [-0.4, -0.2) is 22.3 Å². The maximum absolute atomic E-state index is 5.74. The number of hydrogen-bond donors (Lipinski definition) is 1. The highest BCUT2D eigenvalue weighted by molar-refractivity contribution is 9.10. The lowest BCUT2D eigenvalue weighted by Crippen LogP contribution is -2.36. The molecule has 114 valence electrons. The fourth-order valence-electron chi connectivity index (χ4n) is 1.96. The molecule has 5 heteroatoms. The van der Waals surface area contributed by atoms with E-state index >= 15 is 0 Å². The highest BCUT2D eigenvalue weighted by Gasteiger charge is 2.12. The van der Waals surface area contributed by atoms with Crippen molar-refractivity contribution in [3.63, 3.8) is 0 Å². The van der Waals surface area contributed by atoms with Crippen molar-refractivity contribution >= 4 is 15.9 Å². The van der Waals surface area contributed by atoms with Crippen LogP contribution in [0.1, 0.15) is 38.6 Å². The molecule has 2 rings (SSSR count). The molecular weight excluding hydrogens is 330 g/mol. The first-order valence-electron chi connectivity index (χ1n) is 7.19. The Kier molecular flexibility index (Phi) is 5.17. The van der Waals surface area contributed by atoms with Crippen LogP contribution < -0.4 is 5.32 Å². The lowest BCUT2D eigenvalue weighted by Gasteiger charge is -2.19. The average molecular weight is 352 g/mol. The molecule has 1 aromatic carbocycles. The first-order chi connectivity index (χ1) is 9.85. The molecule has 0 amide bonds. The number of nitrogens with zero attached hydrogens (tertiary/aromatic N) is 2. The van der Waals surface area contributed by atoms with Gasteiger partial charge in [0, 0.05) is 16.4 Å². The van der Waals surface area contributed by atoms with Crippen LogP contribution in [0.4, 0.5) is 0 Å². The summed E-state index contributed by atoms with van der Waals surface area (Å²) in [5, 5.41) is 11.7. The molecule has 0 aliphatic carbocycles. The monoisotopic (exact) mass is 351 g/mol. The standard InChI is InChI=1S/C16H22BrN3O/c1-11-7-8-12(13(17)10-11)15-20-19-14(21-15)6-5-9-18-16(2,3)4/h7-8,10,18H,5-6,9H2,1-4H3. The predicted octanol–water partition coefficient (Wildman–Crippen LogP) is 4.13. The molecule has 21 heavy (non-hydrogen) atoms. The minimum absolute atomic E-state index is 0.146. The van der Waals surface area contributed by atoms with Crippen LogP contribution in [0, 0.1) is 6.92 Å². The van der Waals surface area contributed by atoms with Crippen molar-refractivity contribution in [2.24, 2.45) is 0 Å². The zero-order chi connectivity index (χ0) is 15.5. The van der Waals surface area contributed by atoms with Gasteiger partial charge in [0.25, 0.3) is 0 Å². The summed E-state index contributed by atoms with van der Waals surface area (Å²) in [6.45, 7) is 9.47. The number of benzene rings is 1. The van der Waals surface area contributed by atoms with E-state index in [2.05, 4.69) is 59.1 Å². The van der Waals surface area contributed by atoms with Crippen molar-refractivity contribution in [3.8, 4) is 11.5 Å². The Morgan fingerprint density at radius 3 is 2.67 bits per heavy atom. The van der Waals surface area contributed by atoms with E-state index in [-0.39, 0.29) is 5.54 Å². The fraction of sp³-hybridized carbons (Fsp3) is 0.500. The summed E-state index contributed by atoms with van der Waals surface area (Å²) in [5.74, 6) is 1.26. The molecule has 0 saturated carbocycles. The molecule has 0 unspecified atom stereocenters. The number of aryl methyl sites for hydroxylation is 2. The molecule has 0 spiro atoms. The quantitative estimate of drug-likeness (QED) is 0.822. The molecule has 0 radical (unpaired) electrons. The van der Waals surface area contributed by atoms with Crippen LogP contribution in [0.3, 0.4) is 0 Å². The molecule has 4 nitrogen and oxygen atoms in total. The number of hydrogen-bond acceptors (Lipinski definition) is 4. The lowest BCUT2D eigenvalue weighted by molar-refractivity contribution is 0.412. The minimum Gasteiger partial charge on any atom is -0.421 e.